The molecule has 5 heteroatoms. The summed E-state index contributed by atoms with van der Waals surface area (Å²) in [4.78, 5) is 6.93. The normalized spacial score (nSPS) is 11.1. The highest BCUT2D eigenvalue weighted by Gasteiger charge is 2.07. The van der Waals surface area contributed by atoms with Crippen molar-refractivity contribution in [1.29, 1.82) is 0 Å². The molecule has 2 aromatic rings. The molecule has 0 aliphatic heterocycles. The Kier molecular flexibility index (Phi) is 5.57. The van der Waals surface area contributed by atoms with Crippen LogP contribution in [0.2, 0.25) is 0 Å². The van der Waals surface area contributed by atoms with Crippen LogP contribution in [-0.2, 0) is 13.1 Å². The highest BCUT2D eigenvalue weighted by Crippen LogP contribution is 2.26. The van der Waals surface area contributed by atoms with Crippen molar-refractivity contribution >= 4 is 27.3 Å². The summed E-state index contributed by atoms with van der Waals surface area (Å²) in [5.74, 6) is 0.721. The standard InChI is InChI=1S/C15H19BrN2OS/c1-10(2)19-15-12(5-4-6-18-15)8-17-9-13-7-14(16)11(3)20-13/h4-7,10,17H,8-9H2,1-3H3. The molecule has 0 unspecified atom stereocenters. The maximum absolute atomic E-state index is 5.72. The van der Waals surface area contributed by atoms with E-state index in [0.717, 1.165) is 24.5 Å². The van der Waals surface area contributed by atoms with Gasteiger partial charge in [-0.1, -0.05) is 6.07 Å². The first-order valence-corrected chi connectivity index (χ1v) is 8.23. The van der Waals surface area contributed by atoms with Crippen LogP contribution >= 0.6 is 27.3 Å². The number of pyridine rings is 1. The number of rotatable bonds is 6. The van der Waals surface area contributed by atoms with Gasteiger partial charge in [0.1, 0.15) is 0 Å². The third kappa shape index (κ3) is 4.30. The van der Waals surface area contributed by atoms with Crippen LogP contribution in [0.1, 0.15) is 29.2 Å². The summed E-state index contributed by atoms with van der Waals surface area (Å²) < 4.78 is 6.90. The lowest BCUT2D eigenvalue weighted by Gasteiger charge is -2.13. The van der Waals surface area contributed by atoms with Gasteiger partial charge in [-0.05, 0) is 48.8 Å². The van der Waals surface area contributed by atoms with Gasteiger partial charge in [0.15, 0.2) is 0 Å². The molecule has 0 amide bonds. The average Bonchev–Trinajstić information content (AvgIpc) is 2.70. The number of nitrogens with zero attached hydrogens (tertiary/aromatic N) is 1. The van der Waals surface area contributed by atoms with Gasteiger partial charge in [0.2, 0.25) is 5.88 Å². The molecule has 0 saturated heterocycles. The molecule has 108 valence electrons. The molecule has 0 bridgehead atoms. The summed E-state index contributed by atoms with van der Waals surface area (Å²) in [6, 6.07) is 6.16. The van der Waals surface area contributed by atoms with Crippen LogP contribution in [-0.4, -0.2) is 11.1 Å². The number of nitrogens with one attached hydrogen (secondary N) is 1. The average molecular weight is 355 g/mol. The number of thiophene rings is 1. The van der Waals surface area contributed by atoms with E-state index < -0.39 is 0 Å². The molecule has 20 heavy (non-hydrogen) atoms. The number of halogens is 1. The Morgan fingerprint density at radius 1 is 1.40 bits per heavy atom. The molecular formula is C15H19BrN2OS. The molecule has 0 radical (unpaired) electrons. The van der Waals surface area contributed by atoms with E-state index in [0.29, 0.717) is 0 Å². The van der Waals surface area contributed by atoms with Crippen LogP contribution in [0.5, 0.6) is 5.88 Å². The van der Waals surface area contributed by atoms with Crippen molar-refractivity contribution in [3.05, 3.63) is 44.2 Å². The third-order valence-corrected chi connectivity index (χ3v) is 4.86. The van der Waals surface area contributed by atoms with Gasteiger partial charge in [-0.2, -0.15) is 0 Å². The zero-order valence-corrected chi connectivity index (χ0v) is 14.3. The van der Waals surface area contributed by atoms with Gasteiger partial charge >= 0.3 is 0 Å². The largest absolute Gasteiger partial charge is 0.475 e. The van der Waals surface area contributed by atoms with Crippen LogP contribution in [0.4, 0.5) is 0 Å². The maximum Gasteiger partial charge on any atom is 0.218 e. The minimum absolute atomic E-state index is 0.138. The van der Waals surface area contributed by atoms with E-state index in [9.17, 15) is 0 Å². The quantitative estimate of drug-likeness (QED) is 0.839. The minimum atomic E-state index is 0.138. The van der Waals surface area contributed by atoms with Crippen molar-refractivity contribution in [3.8, 4) is 5.88 Å². The monoisotopic (exact) mass is 354 g/mol. The molecule has 0 aliphatic carbocycles. The Hall–Kier alpha value is -0.910. The van der Waals surface area contributed by atoms with E-state index in [4.69, 9.17) is 4.74 Å². The highest BCUT2D eigenvalue weighted by molar-refractivity contribution is 9.10. The molecule has 0 saturated carbocycles. The lowest BCUT2D eigenvalue weighted by molar-refractivity contribution is 0.229. The lowest BCUT2D eigenvalue weighted by atomic mass is 10.2. The number of hydrogen-bond donors (Lipinski definition) is 1. The van der Waals surface area contributed by atoms with Gasteiger partial charge in [-0.15, -0.1) is 11.3 Å². The lowest BCUT2D eigenvalue weighted by Crippen LogP contribution is -2.15. The second-order valence-electron chi connectivity index (χ2n) is 4.85. The van der Waals surface area contributed by atoms with Gasteiger partial charge in [0.25, 0.3) is 0 Å². The summed E-state index contributed by atoms with van der Waals surface area (Å²) in [7, 11) is 0. The van der Waals surface area contributed by atoms with Crippen molar-refractivity contribution in [2.75, 3.05) is 0 Å². The van der Waals surface area contributed by atoms with Gasteiger partial charge in [0, 0.05) is 39.1 Å². The van der Waals surface area contributed by atoms with E-state index in [-0.39, 0.29) is 6.10 Å². The molecule has 3 nitrogen and oxygen atoms in total. The second-order valence-corrected chi connectivity index (χ2v) is 7.05. The van der Waals surface area contributed by atoms with Gasteiger partial charge in [0.05, 0.1) is 6.10 Å². The van der Waals surface area contributed by atoms with Crippen molar-refractivity contribution in [2.24, 2.45) is 0 Å². The van der Waals surface area contributed by atoms with Gasteiger partial charge in [-0.25, -0.2) is 4.98 Å². The van der Waals surface area contributed by atoms with E-state index in [1.165, 1.54) is 14.2 Å². The predicted molar refractivity (Wildman–Crippen MR) is 87.3 cm³/mol. The molecule has 2 rings (SSSR count). The van der Waals surface area contributed by atoms with Crippen LogP contribution in [0.25, 0.3) is 0 Å². The van der Waals surface area contributed by atoms with Crippen molar-refractivity contribution in [3.63, 3.8) is 0 Å². The molecule has 2 aromatic heterocycles. The first-order chi connectivity index (χ1) is 9.56. The zero-order chi connectivity index (χ0) is 14.5. The van der Waals surface area contributed by atoms with Crippen LogP contribution in [0.3, 0.4) is 0 Å². The van der Waals surface area contributed by atoms with Crippen LogP contribution in [0, 0.1) is 6.92 Å². The molecule has 0 spiro atoms. The molecule has 0 aliphatic rings. The van der Waals surface area contributed by atoms with E-state index in [1.807, 2.05) is 37.3 Å². The smallest absolute Gasteiger partial charge is 0.218 e. The Labute approximate surface area is 132 Å². The Balaban J connectivity index is 1.93. The molecule has 0 atom stereocenters. The fourth-order valence-electron chi connectivity index (χ4n) is 1.81. The Morgan fingerprint density at radius 2 is 2.20 bits per heavy atom. The van der Waals surface area contributed by atoms with E-state index in [2.05, 4.69) is 39.2 Å². The predicted octanol–water partition coefficient (Wildman–Crippen LogP) is 4.29. The summed E-state index contributed by atoms with van der Waals surface area (Å²) in [6.07, 6.45) is 1.90. The topological polar surface area (TPSA) is 34.2 Å². The van der Waals surface area contributed by atoms with Crippen molar-refractivity contribution in [1.82, 2.24) is 10.3 Å². The third-order valence-electron chi connectivity index (χ3n) is 2.72. The number of aromatic nitrogens is 1. The first-order valence-electron chi connectivity index (χ1n) is 6.62. The Bertz CT molecular complexity index is 549. The van der Waals surface area contributed by atoms with Gasteiger partial charge < -0.3 is 10.1 Å². The fourth-order valence-corrected chi connectivity index (χ4v) is 3.38. The minimum Gasteiger partial charge on any atom is -0.475 e. The van der Waals surface area contributed by atoms with Crippen LogP contribution in [0.15, 0.2) is 28.9 Å². The van der Waals surface area contributed by atoms with Gasteiger partial charge in [-0.3, -0.25) is 0 Å². The molecule has 0 fully saturated rings. The zero-order valence-electron chi connectivity index (χ0n) is 11.9. The number of ether oxygens (including phenoxy) is 1. The summed E-state index contributed by atoms with van der Waals surface area (Å²) >= 11 is 5.35. The molecule has 0 aromatic carbocycles. The van der Waals surface area contributed by atoms with Crippen molar-refractivity contribution < 1.29 is 4.74 Å². The van der Waals surface area contributed by atoms with Crippen LogP contribution < -0.4 is 10.1 Å². The molecule has 1 N–H and O–H groups in total. The van der Waals surface area contributed by atoms with Crippen molar-refractivity contribution in [2.45, 2.75) is 40.0 Å². The number of aryl methyl sites for hydroxylation is 1. The SMILES string of the molecule is Cc1sc(CNCc2cccnc2OC(C)C)cc1Br. The van der Waals surface area contributed by atoms with E-state index >= 15 is 0 Å². The molecule has 2 heterocycles. The fraction of sp³-hybridized carbons (Fsp3) is 0.400. The maximum atomic E-state index is 5.72. The highest BCUT2D eigenvalue weighted by atomic mass is 79.9. The second kappa shape index (κ2) is 7.20. The number of hydrogen-bond acceptors (Lipinski definition) is 4. The Morgan fingerprint density at radius 3 is 2.85 bits per heavy atom. The molecular weight excluding hydrogens is 336 g/mol. The summed E-state index contributed by atoms with van der Waals surface area (Å²) in [6.45, 7) is 7.75. The summed E-state index contributed by atoms with van der Waals surface area (Å²) in [5, 5.41) is 3.44. The van der Waals surface area contributed by atoms with E-state index in [1.54, 1.807) is 6.20 Å². The first kappa shape index (κ1) is 15.5. The summed E-state index contributed by atoms with van der Waals surface area (Å²) in [5.41, 5.74) is 1.09.